The Morgan fingerprint density at radius 1 is 0.588 bits per heavy atom. The molecule has 2 aliphatic heterocycles. The smallest absolute Gasteiger partial charge is 0.363 e. The van der Waals surface area contributed by atoms with Gasteiger partial charge in [-0.2, -0.15) is 0 Å². The molecule has 0 spiro atoms. The molecule has 0 saturated carbocycles. The number of nitrogens with zero attached hydrogens (tertiary/aromatic N) is 2. The van der Waals surface area contributed by atoms with Crippen LogP contribution in [0.2, 0.25) is 0 Å². The van der Waals surface area contributed by atoms with Crippen LogP contribution in [-0.4, -0.2) is 23.7 Å². The van der Waals surface area contributed by atoms with Crippen LogP contribution in [0.15, 0.2) is 94.2 Å². The van der Waals surface area contributed by atoms with Crippen molar-refractivity contribution < 1.29 is 19.1 Å². The Hall–Kier alpha value is -4.58. The van der Waals surface area contributed by atoms with Crippen molar-refractivity contribution in [3.8, 4) is 0 Å². The van der Waals surface area contributed by atoms with E-state index in [0.717, 1.165) is 33.4 Å². The third-order valence-electron chi connectivity index (χ3n) is 5.54. The minimum atomic E-state index is -0.490. The molecule has 2 heterocycles. The predicted octanol–water partition coefficient (Wildman–Crippen LogP) is 4.99. The molecule has 2 aliphatic rings. The molecule has 0 aromatic heterocycles. The maximum Gasteiger partial charge on any atom is 0.363 e. The van der Waals surface area contributed by atoms with Crippen LogP contribution >= 0.6 is 0 Å². The molecule has 0 bridgehead atoms. The lowest BCUT2D eigenvalue weighted by molar-refractivity contribution is -0.130. The fraction of sp³-hybridized carbons (Fsp3) is 0.0714. The van der Waals surface area contributed by atoms with Crippen molar-refractivity contribution in [3.05, 3.63) is 118 Å². The normalized spacial score (nSPS) is 17.6. The van der Waals surface area contributed by atoms with Gasteiger partial charge in [-0.3, -0.25) is 0 Å². The van der Waals surface area contributed by atoms with E-state index >= 15 is 0 Å². The van der Waals surface area contributed by atoms with Crippen LogP contribution < -0.4 is 0 Å². The quantitative estimate of drug-likeness (QED) is 0.416. The van der Waals surface area contributed by atoms with Crippen LogP contribution in [0, 0.1) is 13.8 Å². The van der Waals surface area contributed by atoms with E-state index in [2.05, 4.69) is 9.98 Å². The molecule has 0 atom stereocenters. The number of hydrogen-bond donors (Lipinski definition) is 0. The number of rotatable bonds is 4. The van der Waals surface area contributed by atoms with Gasteiger partial charge in [-0.1, -0.05) is 60.7 Å². The Kier molecular flexibility index (Phi) is 5.47. The number of benzene rings is 3. The summed E-state index contributed by atoms with van der Waals surface area (Å²) in [6.07, 6.45) is 3.34. The summed E-state index contributed by atoms with van der Waals surface area (Å²) in [7, 11) is 0. The maximum atomic E-state index is 12.3. The van der Waals surface area contributed by atoms with Crippen LogP contribution in [0.5, 0.6) is 0 Å². The van der Waals surface area contributed by atoms with Gasteiger partial charge in [-0.05, 0) is 60.4 Å². The maximum absolute atomic E-state index is 12.3. The first kappa shape index (κ1) is 21.3. The van der Waals surface area contributed by atoms with Crippen molar-refractivity contribution >= 4 is 35.9 Å². The Balaban J connectivity index is 1.37. The molecule has 34 heavy (non-hydrogen) atoms. The summed E-state index contributed by atoms with van der Waals surface area (Å²) >= 11 is 0. The van der Waals surface area contributed by atoms with E-state index in [1.807, 2.05) is 86.6 Å². The summed E-state index contributed by atoms with van der Waals surface area (Å²) in [4.78, 5) is 33.3. The molecule has 3 aromatic carbocycles. The number of esters is 2. The highest BCUT2D eigenvalue weighted by Crippen LogP contribution is 2.23. The minimum absolute atomic E-state index is 0.233. The molecule has 3 aromatic rings. The first-order chi connectivity index (χ1) is 16.5. The number of aliphatic imine (C=N–C) groups is 2. The third-order valence-corrected chi connectivity index (χ3v) is 5.54. The van der Waals surface area contributed by atoms with Crippen LogP contribution in [0.25, 0.3) is 12.2 Å². The van der Waals surface area contributed by atoms with Crippen LogP contribution in [-0.2, 0) is 19.1 Å². The number of cyclic esters (lactones) is 2. The lowest BCUT2D eigenvalue weighted by Gasteiger charge is -2.02. The van der Waals surface area contributed by atoms with Gasteiger partial charge in [-0.25, -0.2) is 19.6 Å². The van der Waals surface area contributed by atoms with Crippen molar-refractivity contribution in [3.63, 3.8) is 0 Å². The summed E-state index contributed by atoms with van der Waals surface area (Å²) in [5, 5.41) is 0. The lowest BCUT2D eigenvalue weighted by Crippen LogP contribution is -2.06. The molecule has 0 amide bonds. The largest absolute Gasteiger partial charge is 0.402 e. The minimum Gasteiger partial charge on any atom is -0.402 e. The first-order valence-electron chi connectivity index (χ1n) is 10.7. The van der Waals surface area contributed by atoms with Crippen molar-refractivity contribution in [1.82, 2.24) is 0 Å². The number of carbonyl (C=O) groups excluding carboxylic acids is 2. The molecule has 6 heteroatoms. The summed E-state index contributed by atoms with van der Waals surface area (Å²) in [6, 6.07) is 22.5. The summed E-state index contributed by atoms with van der Waals surface area (Å²) in [6.45, 7) is 3.88. The Morgan fingerprint density at radius 2 is 0.971 bits per heavy atom. The van der Waals surface area contributed by atoms with Crippen molar-refractivity contribution in [2.24, 2.45) is 9.98 Å². The predicted molar refractivity (Wildman–Crippen MR) is 130 cm³/mol. The second-order valence-electron chi connectivity index (χ2n) is 7.97. The molecular weight excluding hydrogens is 428 g/mol. The molecular formula is C28H20N2O4. The molecule has 6 nitrogen and oxygen atoms in total. The number of carbonyl (C=O) groups is 2. The molecule has 0 saturated heterocycles. The standard InChI is InChI=1S/C28H20N2O4/c1-17-7-3-5-9-21(17)25-29-23(27(31)33-25)15-19-11-13-20(14-12-19)16-24-28(32)34-26(30-24)22-10-6-4-8-18(22)2/h3-16H,1-2H3/b23-15-,24-16-. The monoisotopic (exact) mass is 448 g/mol. The Labute approximate surface area is 196 Å². The Bertz CT molecular complexity index is 1330. The highest BCUT2D eigenvalue weighted by Gasteiger charge is 2.26. The van der Waals surface area contributed by atoms with Gasteiger partial charge in [0.05, 0.1) is 0 Å². The van der Waals surface area contributed by atoms with Gasteiger partial charge < -0.3 is 9.47 Å². The van der Waals surface area contributed by atoms with E-state index in [1.165, 1.54) is 0 Å². The summed E-state index contributed by atoms with van der Waals surface area (Å²) in [5.74, 6) is -0.372. The highest BCUT2D eigenvalue weighted by atomic mass is 16.6. The SMILES string of the molecule is Cc1ccccc1C1=N/C(=C\c2ccc(/C=C3\N=C(c4ccccc4C)OC3=O)cc2)C(=O)O1. The fourth-order valence-electron chi connectivity index (χ4n) is 3.68. The molecule has 0 N–H and O–H groups in total. The topological polar surface area (TPSA) is 77.3 Å². The van der Waals surface area contributed by atoms with E-state index in [9.17, 15) is 9.59 Å². The van der Waals surface area contributed by atoms with Crippen molar-refractivity contribution in [1.29, 1.82) is 0 Å². The summed E-state index contributed by atoms with van der Waals surface area (Å²) < 4.78 is 10.7. The second kappa shape index (κ2) is 8.75. The van der Waals surface area contributed by atoms with Crippen LogP contribution in [0.4, 0.5) is 0 Å². The van der Waals surface area contributed by atoms with E-state index in [4.69, 9.17) is 9.47 Å². The van der Waals surface area contributed by atoms with E-state index in [0.29, 0.717) is 11.8 Å². The van der Waals surface area contributed by atoms with Gasteiger partial charge >= 0.3 is 11.9 Å². The number of aryl methyl sites for hydroxylation is 2. The van der Waals surface area contributed by atoms with Gasteiger partial charge in [-0.15, -0.1) is 0 Å². The molecule has 166 valence electrons. The number of hydrogen-bond acceptors (Lipinski definition) is 6. The molecule has 5 rings (SSSR count). The zero-order valence-electron chi connectivity index (χ0n) is 18.6. The third kappa shape index (κ3) is 4.21. The van der Waals surface area contributed by atoms with Gasteiger partial charge in [0, 0.05) is 11.1 Å². The average Bonchev–Trinajstić information content (AvgIpc) is 3.37. The van der Waals surface area contributed by atoms with Gasteiger partial charge in [0.25, 0.3) is 0 Å². The van der Waals surface area contributed by atoms with Gasteiger partial charge in [0.1, 0.15) is 0 Å². The van der Waals surface area contributed by atoms with E-state index in [-0.39, 0.29) is 11.4 Å². The molecule has 0 unspecified atom stereocenters. The highest BCUT2D eigenvalue weighted by molar-refractivity contribution is 6.14. The molecule has 0 radical (unpaired) electrons. The number of ether oxygens (including phenoxy) is 2. The lowest BCUT2D eigenvalue weighted by atomic mass is 10.1. The van der Waals surface area contributed by atoms with Crippen molar-refractivity contribution in [2.75, 3.05) is 0 Å². The average molecular weight is 448 g/mol. The first-order valence-corrected chi connectivity index (χ1v) is 10.7. The van der Waals surface area contributed by atoms with Crippen LogP contribution in [0.1, 0.15) is 33.4 Å². The van der Waals surface area contributed by atoms with Gasteiger partial charge in [0.15, 0.2) is 11.4 Å². The van der Waals surface area contributed by atoms with Crippen molar-refractivity contribution in [2.45, 2.75) is 13.8 Å². The second-order valence-corrected chi connectivity index (χ2v) is 7.97. The van der Waals surface area contributed by atoms with E-state index in [1.54, 1.807) is 12.2 Å². The zero-order chi connectivity index (χ0) is 23.7. The summed E-state index contributed by atoms with van der Waals surface area (Å²) in [5.41, 5.74) is 5.56. The molecule has 0 fully saturated rings. The Morgan fingerprint density at radius 3 is 1.35 bits per heavy atom. The van der Waals surface area contributed by atoms with Crippen LogP contribution in [0.3, 0.4) is 0 Å². The van der Waals surface area contributed by atoms with Gasteiger partial charge in [0.2, 0.25) is 11.8 Å². The molecule has 0 aliphatic carbocycles. The zero-order valence-corrected chi connectivity index (χ0v) is 18.6. The fourth-order valence-corrected chi connectivity index (χ4v) is 3.68. The van der Waals surface area contributed by atoms with E-state index < -0.39 is 11.9 Å².